The largest absolute Gasteiger partial charge is 0.495 e. The molecule has 3 heterocycles. The number of amides is 2. The molecule has 0 saturated carbocycles. The van der Waals surface area contributed by atoms with Gasteiger partial charge in [0.2, 0.25) is 0 Å². The van der Waals surface area contributed by atoms with Crippen LogP contribution in [0.15, 0.2) is 54.9 Å². The number of nitrogens with zero attached hydrogens (tertiary/aromatic N) is 4. The highest BCUT2D eigenvalue weighted by molar-refractivity contribution is 5.96. The molecular formula is C28H29FN6O4. The fraction of sp³-hybridized carbons (Fsp3) is 0.286. The first kappa shape index (κ1) is 26.0. The maximum absolute atomic E-state index is 13.6. The smallest absolute Gasteiger partial charge is 0.408 e. The number of H-pyrrole nitrogens is 1. The number of ether oxygens (including phenoxy) is 1. The van der Waals surface area contributed by atoms with E-state index in [1.165, 1.54) is 24.1 Å². The Labute approximate surface area is 224 Å². The SMILES string of the molecule is COc1cc(C(=O)N2CC(N(C(=O)O)C(C)(C)C)C2)ccc1Nc1cncc(-c2cc3cc(F)ccc3[nH]2)n1. The van der Waals surface area contributed by atoms with Gasteiger partial charge in [0, 0.05) is 35.1 Å². The molecule has 0 atom stereocenters. The van der Waals surface area contributed by atoms with Crippen LogP contribution in [0.4, 0.5) is 20.7 Å². The van der Waals surface area contributed by atoms with Crippen molar-refractivity contribution in [3.63, 3.8) is 0 Å². The van der Waals surface area contributed by atoms with Gasteiger partial charge in [-0.15, -0.1) is 0 Å². The molecule has 3 N–H and O–H groups in total. The molecule has 5 rings (SSSR count). The van der Waals surface area contributed by atoms with Crippen molar-refractivity contribution in [2.75, 3.05) is 25.5 Å². The molecule has 2 aromatic carbocycles. The first-order valence-corrected chi connectivity index (χ1v) is 12.4. The lowest BCUT2D eigenvalue weighted by Crippen LogP contribution is -2.66. The van der Waals surface area contributed by atoms with Gasteiger partial charge in [-0.25, -0.2) is 14.2 Å². The first-order chi connectivity index (χ1) is 18.5. The lowest BCUT2D eigenvalue weighted by Gasteiger charge is -2.49. The van der Waals surface area contributed by atoms with Gasteiger partial charge in [0.1, 0.15) is 23.1 Å². The standard InChI is InChI=1S/C28H29FN6O4/c1-28(2,3)35(27(37)38)19-14-34(15-19)26(36)16-5-7-21(24(11-16)39-4)32-25-13-30-12-23(33-25)22-10-17-9-18(29)6-8-20(17)31-22/h5-13,19,31H,14-15H2,1-4H3,(H,32,33)(H,37,38). The van der Waals surface area contributed by atoms with E-state index in [9.17, 15) is 19.1 Å². The molecule has 11 heteroatoms. The van der Waals surface area contributed by atoms with Crippen LogP contribution >= 0.6 is 0 Å². The minimum absolute atomic E-state index is 0.201. The summed E-state index contributed by atoms with van der Waals surface area (Å²) in [4.78, 5) is 39.9. The summed E-state index contributed by atoms with van der Waals surface area (Å²) in [5.41, 5.74) is 2.51. The van der Waals surface area contributed by atoms with E-state index in [2.05, 4.69) is 20.3 Å². The predicted molar refractivity (Wildman–Crippen MR) is 145 cm³/mol. The van der Waals surface area contributed by atoms with Crippen LogP contribution in [-0.4, -0.2) is 73.6 Å². The number of nitrogens with one attached hydrogen (secondary N) is 2. The molecule has 1 aliphatic rings. The Bertz CT molecular complexity index is 1560. The third-order valence-electron chi connectivity index (χ3n) is 6.65. The summed E-state index contributed by atoms with van der Waals surface area (Å²) in [6, 6.07) is 11.1. The Morgan fingerprint density at radius 3 is 2.62 bits per heavy atom. The van der Waals surface area contributed by atoms with E-state index in [-0.39, 0.29) is 17.8 Å². The number of hydrogen-bond donors (Lipinski definition) is 3. The van der Waals surface area contributed by atoms with E-state index in [0.29, 0.717) is 47.3 Å². The molecular weight excluding hydrogens is 503 g/mol. The third-order valence-corrected chi connectivity index (χ3v) is 6.65. The van der Waals surface area contributed by atoms with Crippen LogP contribution in [0, 0.1) is 5.82 Å². The van der Waals surface area contributed by atoms with Gasteiger partial charge in [0.05, 0.1) is 36.9 Å². The zero-order valence-corrected chi connectivity index (χ0v) is 22.0. The van der Waals surface area contributed by atoms with Gasteiger partial charge in [-0.1, -0.05) is 0 Å². The zero-order valence-electron chi connectivity index (χ0n) is 22.0. The highest BCUT2D eigenvalue weighted by Crippen LogP contribution is 2.31. The number of fused-ring (bicyclic) bond motifs is 1. The van der Waals surface area contributed by atoms with Gasteiger partial charge in [0.15, 0.2) is 0 Å². The van der Waals surface area contributed by atoms with Crippen LogP contribution in [-0.2, 0) is 0 Å². The summed E-state index contributed by atoms with van der Waals surface area (Å²) in [6.45, 7) is 6.16. The summed E-state index contributed by atoms with van der Waals surface area (Å²) in [5, 5.41) is 13.5. The molecule has 0 bridgehead atoms. The van der Waals surface area contributed by atoms with Gasteiger partial charge < -0.3 is 25.0 Å². The Hall–Kier alpha value is -4.67. The van der Waals surface area contributed by atoms with Crippen molar-refractivity contribution in [3.8, 4) is 17.1 Å². The van der Waals surface area contributed by atoms with E-state index < -0.39 is 11.6 Å². The second kappa shape index (κ2) is 9.90. The summed E-state index contributed by atoms with van der Waals surface area (Å²) >= 11 is 0. The van der Waals surface area contributed by atoms with Crippen molar-refractivity contribution in [1.29, 1.82) is 0 Å². The second-order valence-corrected chi connectivity index (χ2v) is 10.4. The molecule has 1 fully saturated rings. The molecule has 0 spiro atoms. The van der Waals surface area contributed by atoms with Gasteiger partial charge in [-0.3, -0.25) is 14.7 Å². The molecule has 0 unspecified atom stereocenters. The fourth-order valence-electron chi connectivity index (χ4n) is 4.82. The molecule has 0 radical (unpaired) electrons. The number of halogens is 1. The fourth-order valence-corrected chi connectivity index (χ4v) is 4.82. The van der Waals surface area contributed by atoms with Crippen molar-refractivity contribution in [2.24, 2.45) is 0 Å². The molecule has 1 aliphatic heterocycles. The number of benzene rings is 2. The number of carbonyl (C=O) groups excluding carboxylic acids is 1. The molecule has 10 nitrogen and oxygen atoms in total. The van der Waals surface area contributed by atoms with Gasteiger partial charge in [-0.05, 0) is 63.2 Å². The number of aromatic nitrogens is 3. The molecule has 39 heavy (non-hydrogen) atoms. The molecule has 0 aliphatic carbocycles. The highest BCUT2D eigenvalue weighted by atomic mass is 19.1. The summed E-state index contributed by atoms with van der Waals surface area (Å²) < 4.78 is 19.1. The molecule has 202 valence electrons. The Kier molecular flexibility index (Phi) is 6.59. The summed E-state index contributed by atoms with van der Waals surface area (Å²) in [7, 11) is 1.51. The Balaban J connectivity index is 1.30. The molecule has 4 aromatic rings. The van der Waals surface area contributed by atoms with Gasteiger partial charge in [0.25, 0.3) is 5.91 Å². The Morgan fingerprint density at radius 1 is 1.15 bits per heavy atom. The normalized spacial score (nSPS) is 13.7. The van der Waals surface area contributed by atoms with Crippen LogP contribution in [0.2, 0.25) is 0 Å². The zero-order chi connectivity index (χ0) is 27.9. The van der Waals surface area contributed by atoms with Gasteiger partial charge >= 0.3 is 6.09 Å². The van der Waals surface area contributed by atoms with Crippen molar-refractivity contribution >= 4 is 34.4 Å². The summed E-state index contributed by atoms with van der Waals surface area (Å²) in [6.07, 6.45) is 2.17. The average molecular weight is 533 g/mol. The van der Waals surface area contributed by atoms with E-state index in [0.717, 1.165) is 10.9 Å². The lowest BCUT2D eigenvalue weighted by atomic mass is 9.98. The van der Waals surface area contributed by atoms with Crippen LogP contribution in [0.25, 0.3) is 22.3 Å². The van der Waals surface area contributed by atoms with Crippen molar-refractivity contribution < 1.29 is 23.8 Å². The molecule has 1 saturated heterocycles. The predicted octanol–water partition coefficient (Wildman–Crippen LogP) is 5.12. The lowest BCUT2D eigenvalue weighted by molar-refractivity contribution is -0.00109. The topological polar surface area (TPSA) is 124 Å². The first-order valence-electron chi connectivity index (χ1n) is 12.4. The maximum Gasteiger partial charge on any atom is 0.408 e. The monoisotopic (exact) mass is 532 g/mol. The van der Waals surface area contributed by atoms with E-state index in [1.807, 2.05) is 26.8 Å². The second-order valence-electron chi connectivity index (χ2n) is 10.4. The van der Waals surface area contributed by atoms with Crippen molar-refractivity contribution in [1.82, 2.24) is 24.8 Å². The Morgan fingerprint density at radius 2 is 1.92 bits per heavy atom. The number of likely N-dealkylation sites (tertiary alicyclic amines) is 1. The van der Waals surface area contributed by atoms with E-state index in [1.54, 1.807) is 41.6 Å². The van der Waals surface area contributed by atoms with Crippen LogP contribution in [0.5, 0.6) is 5.75 Å². The highest BCUT2D eigenvalue weighted by Gasteiger charge is 2.42. The number of carboxylic acid groups (broad SMARTS) is 1. The van der Waals surface area contributed by atoms with Crippen molar-refractivity contribution in [3.05, 3.63) is 66.2 Å². The minimum atomic E-state index is -0.998. The van der Waals surface area contributed by atoms with Crippen LogP contribution in [0.1, 0.15) is 31.1 Å². The quantitative estimate of drug-likeness (QED) is 0.315. The maximum atomic E-state index is 13.6. The van der Waals surface area contributed by atoms with Crippen LogP contribution < -0.4 is 10.1 Å². The number of hydrogen-bond acceptors (Lipinski definition) is 6. The summed E-state index contributed by atoms with van der Waals surface area (Å²) in [5.74, 6) is 0.376. The average Bonchev–Trinajstić information content (AvgIpc) is 3.28. The number of carbonyl (C=O) groups is 2. The number of anilines is 2. The van der Waals surface area contributed by atoms with E-state index in [4.69, 9.17) is 4.74 Å². The molecule has 2 amide bonds. The minimum Gasteiger partial charge on any atom is -0.495 e. The number of rotatable bonds is 6. The number of methoxy groups -OCH3 is 1. The van der Waals surface area contributed by atoms with E-state index >= 15 is 0 Å². The molecule has 2 aromatic heterocycles. The number of aromatic amines is 1. The van der Waals surface area contributed by atoms with Gasteiger partial charge in [-0.2, -0.15) is 0 Å². The van der Waals surface area contributed by atoms with Crippen LogP contribution in [0.3, 0.4) is 0 Å². The van der Waals surface area contributed by atoms with Crippen molar-refractivity contribution in [2.45, 2.75) is 32.4 Å². The third kappa shape index (κ3) is 5.20.